The summed E-state index contributed by atoms with van der Waals surface area (Å²) in [7, 11) is 1.81. The highest BCUT2D eigenvalue weighted by molar-refractivity contribution is 5.86. The number of carbonyl (C=O) groups excluding carboxylic acids is 2. The molecule has 2 aliphatic rings. The topological polar surface area (TPSA) is 52.7 Å². The number of piperidine rings is 2. The van der Waals surface area contributed by atoms with E-state index in [0.29, 0.717) is 25.6 Å². The second kappa shape index (κ2) is 8.48. The number of carbonyl (C=O) groups is 2. The fourth-order valence-corrected chi connectivity index (χ4v) is 3.85. The van der Waals surface area contributed by atoms with E-state index in [1.807, 2.05) is 6.07 Å². The van der Waals surface area contributed by atoms with Crippen molar-refractivity contribution in [3.05, 3.63) is 35.9 Å². The van der Waals surface area contributed by atoms with Gasteiger partial charge >= 0.3 is 0 Å². The van der Waals surface area contributed by atoms with E-state index in [4.69, 9.17) is 0 Å². The quantitative estimate of drug-likeness (QED) is 0.890. The predicted molar refractivity (Wildman–Crippen MR) is 97.9 cm³/mol. The number of nitrogens with one attached hydrogen (secondary N) is 1. The summed E-state index contributed by atoms with van der Waals surface area (Å²) in [6.07, 6.45) is 4.69. The van der Waals surface area contributed by atoms with E-state index in [1.165, 1.54) is 18.4 Å². The van der Waals surface area contributed by atoms with Crippen molar-refractivity contribution in [2.45, 2.75) is 44.7 Å². The first-order valence-corrected chi connectivity index (χ1v) is 9.43. The van der Waals surface area contributed by atoms with Crippen LogP contribution >= 0.6 is 0 Å². The van der Waals surface area contributed by atoms with E-state index in [0.717, 1.165) is 25.9 Å². The van der Waals surface area contributed by atoms with Gasteiger partial charge in [0.05, 0.1) is 0 Å². The highest BCUT2D eigenvalue weighted by atomic mass is 16.2. The number of hydrogen-bond donors (Lipinski definition) is 1. The molecule has 0 unspecified atom stereocenters. The molecule has 5 heteroatoms. The first kappa shape index (κ1) is 17.9. The van der Waals surface area contributed by atoms with E-state index < -0.39 is 0 Å². The number of nitrogens with zero attached hydrogens (tertiary/aromatic N) is 2. The molecule has 0 aliphatic carbocycles. The van der Waals surface area contributed by atoms with Crippen LogP contribution in [0.5, 0.6) is 0 Å². The predicted octanol–water partition coefficient (Wildman–Crippen LogP) is 2.03. The molecule has 0 radical (unpaired) electrons. The number of hydrogen-bond acceptors (Lipinski definition) is 3. The van der Waals surface area contributed by atoms with Crippen LogP contribution in [0, 0.1) is 5.92 Å². The van der Waals surface area contributed by atoms with Gasteiger partial charge in [0.1, 0.15) is 0 Å². The Labute approximate surface area is 150 Å². The molecule has 3 rings (SSSR count). The molecular weight excluding hydrogens is 314 g/mol. The van der Waals surface area contributed by atoms with Crippen LogP contribution < -0.4 is 5.32 Å². The molecule has 1 aromatic carbocycles. The number of likely N-dealkylation sites (tertiary alicyclic amines) is 2. The molecule has 2 saturated heterocycles. The van der Waals surface area contributed by atoms with Gasteiger partial charge in [0.25, 0.3) is 0 Å². The van der Waals surface area contributed by atoms with Crippen molar-refractivity contribution >= 4 is 11.8 Å². The Morgan fingerprint density at radius 2 is 1.96 bits per heavy atom. The Morgan fingerprint density at radius 3 is 2.72 bits per heavy atom. The Hall–Kier alpha value is -1.88. The summed E-state index contributed by atoms with van der Waals surface area (Å²) >= 11 is 0. The Balaban J connectivity index is 1.51. The highest BCUT2D eigenvalue weighted by Gasteiger charge is 2.29. The third-order valence-electron chi connectivity index (χ3n) is 5.52. The smallest absolute Gasteiger partial charge is 0.223 e. The van der Waals surface area contributed by atoms with Crippen molar-refractivity contribution in [1.29, 1.82) is 0 Å². The number of benzene rings is 1. The van der Waals surface area contributed by atoms with Crippen LogP contribution in [0.25, 0.3) is 0 Å². The average Bonchev–Trinajstić information content (AvgIpc) is 2.64. The van der Waals surface area contributed by atoms with Crippen molar-refractivity contribution < 1.29 is 9.59 Å². The fraction of sp³-hybridized carbons (Fsp3) is 0.600. The van der Waals surface area contributed by atoms with Gasteiger partial charge in [-0.2, -0.15) is 0 Å². The SMILES string of the molecule is CN1CC[C@H](C(=O)NC[C@H]2CCCCN2Cc2ccccc2)CC1=O. The Kier molecular flexibility index (Phi) is 6.08. The molecule has 0 bridgehead atoms. The van der Waals surface area contributed by atoms with Gasteiger partial charge in [-0.1, -0.05) is 36.8 Å². The van der Waals surface area contributed by atoms with Gasteiger partial charge in [-0.15, -0.1) is 0 Å². The van der Waals surface area contributed by atoms with Crippen molar-refractivity contribution in [1.82, 2.24) is 15.1 Å². The van der Waals surface area contributed by atoms with Gasteiger partial charge < -0.3 is 10.2 Å². The molecule has 2 fully saturated rings. The maximum atomic E-state index is 12.5. The Morgan fingerprint density at radius 1 is 1.16 bits per heavy atom. The lowest BCUT2D eigenvalue weighted by Gasteiger charge is -2.36. The zero-order valence-corrected chi connectivity index (χ0v) is 15.1. The molecule has 2 amide bonds. The summed E-state index contributed by atoms with van der Waals surface area (Å²) in [6.45, 7) is 3.39. The molecule has 0 aromatic heterocycles. The van der Waals surface area contributed by atoms with Crippen LogP contribution in [-0.2, 0) is 16.1 Å². The normalized spacial score (nSPS) is 25.0. The summed E-state index contributed by atoms with van der Waals surface area (Å²) in [6, 6.07) is 10.9. The highest BCUT2D eigenvalue weighted by Crippen LogP contribution is 2.20. The first-order valence-electron chi connectivity index (χ1n) is 9.43. The van der Waals surface area contributed by atoms with Crippen LogP contribution in [0.15, 0.2) is 30.3 Å². The maximum absolute atomic E-state index is 12.5. The lowest BCUT2D eigenvalue weighted by Crippen LogP contribution is -2.48. The third-order valence-corrected chi connectivity index (χ3v) is 5.52. The van der Waals surface area contributed by atoms with Crippen molar-refractivity contribution in [3.8, 4) is 0 Å². The van der Waals surface area contributed by atoms with E-state index in [-0.39, 0.29) is 17.7 Å². The molecule has 0 spiro atoms. The minimum atomic E-state index is -0.158. The zero-order chi connectivity index (χ0) is 17.6. The molecule has 2 atom stereocenters. The van der Waals surface area contributed by atoms with Gasteiger partial charge in [0.15, 0.2) is 0 Å². The largest absolute Gasteiger partial charge is 0.354 e. The molecule has 25 heavy (non-hydrogen) atoms. The monoisotopic (exact) mass is 343 g/mol. The van der Waals surface area contributed by atoms with Crippen LogP contribution in [-0.4, -0.2) is 54.3 Å². The minimum absolute atomic E-state index is 0.0479. The second-order valence-corrected chi connectivity index (χ2v) is 7.36. The van der Waals surface area contributed by atoms with Gasteiger partial charge in [-0.05, 0) is 31.4 Å². The van der Waals surface area contributed by atoms with E-state index in [9.17, 15) is 9.59 Å². The molecule has 2 aliphatic heterocycles. The fourth-order valence-electron chi connectivity index (χ4n) is 3.85. The number of rotatable bonds is 5. The average molecular weight is 343 g/mol. The van der Waals surface area contributed by atoms with Crippen molar-refractivity contribution in [2.75, 3.05) is 26.7 Å². The molecule has 0 saturated carbocycles. The van der Waals surface area contributed by atoms with Crippen LogP contribution in [0.1, 0.15) is 37.7 Å². The minimum Gasteiger partial charge on any atom is -0.354 e. The Bertz CT molecular complexity index is 590. The van der Waals surface area contributed by atoms with Crippen molar-refractivity contribution in [2.24, 2.45) is 5.92 Å². The summed E-state index contributed by atoms with van der Waals surface area (Å²) in [5, 5.41) is 3.12. The number of amides is 2. The molecule has 1 aromatic rings. The standard InChI is InChI=1S/C20H29N3O2/c1-22-12-10-17(13-19(22)24)20(25)21-14-18-9-5-6-11-23(18)15-16-7-3-2-4-8-16/h2-4,7-8,17-18H,5-6,9-15H2,1H3,(H,21,25)/t17-,18+/m0/s1. The molecule has 1 N–H and O–H groups in total. The summed E-state index contributed by atoms with van der Waals surface area (Å²) in [4.78, 5) is 28.5. The van der Waals surface area contributed by atoms with Crippen LogP contribution in [0.2, 0.25) is 0 Å². The summed E-state index contributed by atoms with van der Waals surface area (Å²) < 4.78 is 0. The lowest BCUT2D eigenvalue weighted by atomic mass is 9.95. The van der Waals surface area contributed by atoms with Gasteiger partial charge in [-0.3, -0.25) is 14.5 Å². The molecule has 136 valence electrons. The zero-order valence-electron chi connectivity index (χ0n) is 15.1. The van der Waals surface area contributed by atoms with E-state index in [1.54, 1.807) is 11.9 Å². The summed E-state index contributed by atoms with van der Waals surface area (Å²) in [5.41, 5.74) is 1.32. The molecule has 5 nitrogen and oxygen atoms in total. The second-order valence-electron chi connectivity index (χ2n) is 7.36. The van der Waals surface area contributed by atoms with Crippen molar-refractivity contribution in [3.63, 3.8) is 0 Å². The van der Waals surface area contributed by atoms with Crippen LogP contribution in [0.3, 0.4) is 0 Å². The van der Waals surface area contributed by atoms with Gasteiger partial charge in [0, 0.05) is 45.1 Å². The first-order chi connectivity index (χ1) is 12.1. The van der Waals surface area contributed by atoms with E-state index >= 15 is 0 Å². The summed E-state index contributed by atoms with van der Waals surface area (Å²) in [5.74, 6) is -0.0312. The van der Waals surface area contributed by atoms with Gasteiger partial charge in [0.2, 0.25) is 11.8 Å². The van der Waals surface area contributed by atoms with Gasteiger partial charge in [-0.25, -0.2) is 0 Å². The van der Waals surface area contributed by atoms with E-state index in [2.05, 4.69) is 34.5 Å². The van der Waals surface area contributed by atoms with Crippen LogP contribution in [0.4, 0.5) is 0 Å². The third kappa shape index (κ3) is 4.82. The molecule has 2 heterocycles. The molecular formula is C20H29N3O2. The lowest BCUT2D eigenvalue weighted by molar-refractivity contribution is -0.139. The maximum Gasteiger partial charge on any atom is 0.223 e.